The summed E-state index contributed by atoms with van der Waals surface area (Å²) in [6.07, 6.45) is 2.07. The second-order valence-electron chi connectivity index (χ2n) is 6.98. The predicted molar refractivity (Wildman–Crippen MR) is 96.3 cm³/mol. The summed E-state index contributed by atoms with van der Waals surface area (Å²) < 4.78 is 1.18. The van der Waals surface area contributed by atoms with Crippen LogP contribution in [-0.4, -0.2) is 52.7 Å². The van der Waals surface area contributed by atoms with E-state index in [0.29, 0.717) is 18.4 Å². The van der Waals surface area contributed by atoms with Gasteiger partial charge < -0.3 is 10.0 Å². The first-order valence-electron chi connectivity index (χ1n) is 8.31. The number of hydrogen-bond donors (Lipinski definition) is 1. The summed E-state index contributed by atoms with van der Waals surface area (Å²) in [6, 6.07) is 6.14. The van der Waals surface area contributed by atoms with Gasteiger partial charge in [-0.05, 0) is 31.5 Å². The summed E-state index contributed by atoms with van der Waals surface area (Å²) in [5.74, 6) is 0.899. The van der Waals surface area contributed by atoms with Crippen molar-refractivity contribution in [1.29, 1.82) is 0 Å². The minimum Gasteiger partial charge on any atom is -0.465 e. The van der Waals surface area contributed by atoms with Gasteiger partial charge in [0.1, 0.15) is 0 Å². The summed E-state index contributed by atoms with van der Waals surface area (Å²) in [6.45, 7) is 4.77. The molecule has 0 bridgehead atoms. The number of likely N-dealkylation sites (tertiary alicyclic amines) is 1. The first kappa shape index (κ1) is 15.6. The molecule has 1 saturated heterocycles. The molecule has 4 rings (SSSR count). The number of benzene rings is 1. The molecule has 24 heavy (non-hydrogen) atoms. The molecule has 2 aliphatic heterocycles. The third-order valence-corrected chi connectivity index (χ3v) is 6.04. The van der Waals surface area contributed by atoms with Gasteiger partial charge in [-0.15, -0.1) is 11.3 Å². The zero-order chi connectivity index (χ0) is 16.8. The lowest BCUT2D eigenvalue weighted by Gasteiger charge is -2.34. The maximum atomic E-state index is 11.6. The number of fused-ring (bicyclic) bond motifs is 1. The van der Waals surface area contributed by atoms with E-state index >= 15 is 0 Å². The van der Waals surface area contributed by atoms with Crippen molar-refractivity contribution in [3.8, 4) is 0 Å². The van der Waals surface area contributed by atoms with Crippen molar-refractivity contribution in [2.45, 2.75) is 19.3 Å². The van der Waals surface area contributed by atoms with E-state index in [2.05, 4.69) is 24.9 Å². The van der Waals surface area contributed by atoms with E-state index < -0.39 is 6.09 Å². The Kier molecular flexibility index (Phi) is 3.81. The number of carboxylic acid groups (broad SMARTS) is 1. The number of aromatic nitrogens is 1. The minimum atomic E-state index is -0.885. The Bertz CT molecular complexity index is 823. The smallest absolute Gasteiger partial charge is 0.411 e. The van der Waals surface area contributed by atoms with E-state index in [1.165, 1.54) is 14.6 Å². The fourth-order valence-corrected chi connectivity index (χ4v) is 4.53. The van der Waals surface area contributed by atoms with E-state index in [1.807, 2.05) is 18.2 Å². The fourth-order valence-electron chi connectivity index (χ4n) is 3.50. The maximum absolute atomic E-state index is 11.6. The topological polar surface area (TPSA) is 56.7 Å². The van der Waals surface area contributed by atoms with E-state index in [0.717, 1.165) is 36.3 Å². The third-order valence-electron chi connectivity index (χ3n) is 4.84. The summed E-state index contributed by atoms with van der Waals surface area (Å²) >= 11 is 1.76. The normalized spacial score (nSPS) is 22.5. The average Bonchev–Trinajstić information content (AvgIpc) is 2.94. The number of allylic oxidation sites excluding steroid dienone is 1. The van der Waals surface area contributed by atoms with Crippen LogP contribution in [0.3, 0.4) is 0 Å². The zero-order valence-electron chi connectivity index (χ0n) is 13.9. The molecular weight excluding hydrogens is 322 g/mol. The van der Waals surface area contributed by atoms with Gasteiger partial charge in [0.05, 0.1) is 20.9 Å². The van der Waals surface area contributed by atoms with Gasteiger partial charge in [0, 0.05) is 31.1 Å². The van der Waals surface area contributed by atoms with Crippen molar-refractivity contribution in [2.75, 3.05) is 26.7 Å². The summed E-state index contributed by atoms with van der Waals surface area (Å²) in [7, 11) is 2.12. The highest BCUT2D eigenvalue weighted by Crippen LogP contribution is 2.35. The Hall–Kier alpha value is -1.92. The molecule has 0 radical (unpaired) electrons. The van der Waals surface area contributed by atoms with Crippen LogP contribution in [0.5, 0.6) is 0 Å². The molecule has 1 fully saturated rings. The maximum Gasteiger partial charge on any atom is 0.411 e. The van der Waals surface area contributed by atoms with Crippen LogP contribution in [0.1, 0.15) is 29.8 Å². The number of likely N-dealkylation sites (N-methyl/N-ethyl adjacent to an activating group) is 1. The first-order chi connectivity index (χ1) is 11.5. The van der Waals surface area contributed by atoms with Gasteiger partial charge >= 0.3 is 6.09 Å². The van der Waals surface area contributed by atoms with Gasteiger partial charge in [-0.2, -0.15) is 0 Å². The molecule has 1 unspecified atom stereocenters. The van der Waals surface area contributed by atoms with Gasteiger partial charge in [0.25, 0.3) is 0 Å². The molecule has 126 valence electrons. The molecule has 6 heteroatoms. The van der Waals surface area contributed by atoms with Gasteiger partial charge in [-0.25, -0.2) is 9.78 Å². The minimum absolute atomic E-state index is 0.357. The van der Waals surface area contributed by atoms with Gasteiger partial charge in [-0.1, -0.05) is 19.1 Å². The predicted octanol–water partition coefficient (Wildman–Crippen LogP) is 3.69. The molecular formula is C18H21N3O2S. The first-order valence-corrected chi connectivity index (χ1v) is 9.13. The lowest BCUT2D eigenvalue weighted by Crippen LogP contribution is -2.41. The van der Waals surface area contributed by atoms with Gasteiger partial charge in [-0.3, -0.25) is 4.90 Å². The molecule has 0 aliphatic carbocycles. The zero-order valence-corrected chi connectivity index (χ0v) is 14.7. The van der Waals surface area contributed by atoms with Gasteiger partial charge in [0.2, 0.25) is 0 Å². The highest BCUT2D eigenvalue weighted by atomic mass is 32.1. The van der Waals surface area contributed by atoms with Crippen LogP contribution >= 0.6 is 11.3 Å². The van der Waals surface area contributed by atoms with E-state index in [1.54, 1.807) is 11.3 Å². The highest BCUT2D eigenvalue weighted by Gasteiger charge is 2.28. The molecule has 2 aromatic rings. The van der Waals surface area contributed by atoms with Crippen LogP contribution in [0.4, 0.5) is 4.79 Å². The van der Waals surface area contributed by atoms with Gasteiger partial charge in [0.15, 0.2) is 0 Å². The summed E-state index contributed by atoms with van der Waals surface area (Å²) in [5, 5.41) is 10.7. The van der Waals surface area contributed by atoms with E-state index in [4.69, 9.17) is 4.98 Å². The highest BCUT2D eigenvalue weighted by molar-refractivity contribution is 7.18. The molecule has 2 aliphatic rings. The molecule has 1 atom stereocenters. The van der Waals surface area contributed by atoms with Crippen molar-refractivity contribution in [2.24, 2.45) is 5.92 Å². The van der Waals surface area contributed by atoms with Crippen molar-refractivity contribution in [3.63, 3.8) is 0 Å². The van der Waals surface area contributed by atoms with E-state index in [9.17, 15) is 9.90 Å². The largest absolute Gasteiger partial charge is 0.465 e. The lowest BCUT2D eigenvalue weighted by molar-refractivity contribution is 0.159. The molecule has 3 heterocycles. The van der Waals surface area contributed by atoms with Crippen LogP contribution in [0.25, 0.3) is 15.9 Å². The van der Waals surface area contributed by atoms with Crippen LogP contribution in [0.15, 0.2) is 24.3 Å². The number of rotatable bonds is 2. The SMILES string of the molecule is CC1CC=C(c2ccc3sc(C4CN(C)C4)nc3c2)N(C(=O)O)C1. The quantitative estimate of drug-likeness (QED) is 0.903. The number of hydrogen-bond acceptors (Lipinski definition) is 4. The van der Waals surface area contributed by atoms with Crippen LogP contribution in [0.2, 0.25) is 0 Å². The Morgan fingerprint density at radius 3 is 2.83 bits per heavy atom. The Morgan fingerprint density at radius 2 is 2.12 bits per heavy atom. The average molecular weight is 343 g/mol. The summed E-state index contributed by atoms with van der Waals surface area (Å²) in [4.78, 5) is 20.1. The number of carbonyl (C=O) groups is 1. The fraction of sp³-hybridized carbons (Fsp3) is 0.444. The third kappa shape index (κ3) is 2.70. The van der Waals surface area contributed by atoms with Crippen molar-refractivity contribution in [1.82, 2.24) is 14.8 Å². The molecule has 1 aromatic carbocycles. The van der Waals surface area contributed by atoms with Crippen molar-refractivity contribution < 1.29 is 9.90 Å². The number of amides is 1. The molecule has 1 amide bonds. The van der Waals surface area contributed by atoms with Crippen LogP contribution < -0.4 is 0 Å². The van der Waals surface area contributed by atoms with E-state index in [-0.39, 0.29) is 0 Å². The number of nitrogens with zero attached hydrogens (tertiary/aromatic N) is 3. The second kappa shape index (κ2) is 5.86. The monoisotopic (exact) mass is 343 g/mol. The molecule has 1 N–H and O–H groups in total. The summed E-state index contributed by atoms with van der Waals surface area (Å²) in [5.41, 5.74) is 2.71. The second-order valence-corrected chi connectivity index (χ2v) is 8.04. The lowest BCUT2D eigenvalue weighted by atomic mass is 9.98. The van der Waals surface area contributed by atoms with Crippen molar-refractivity contribution >= 4 is 33.3 Å². The molecule has 5 nitrogen and oxygen atoms in total. The Balaban J connectivity index is 1.68. The Labute approximate surface area is 145 Å². The van der Waals surface area contributed by atoms with Crippen LogP contribution in [-0.2, 0) is 0 Å². The van der Waals surface area contributed by atoms with Crippen molar-refractivity contribution in [3.05, 3.63) is 34.8 Å². The Morgan fingerprint density at radius 1 is 1.33 bits per heavy atom. The van der Waals surface area contributed by atoms with Crippen LogP contribution in [0, 0.1) is 5.92 Å². The molecule has 0 spiro atoms. The standard InChI is InChI=1S/C18H21N3O2S/c1-11-3-5-15(21(8-11)18(22)23)12-4-6-16-14(7-12)19-17(24-16)13-9-20(2)10-13/h4-7,11,13H,3,8-10H2,1-2H3,(H,22,23). The number of thiazole rings is 1. The molecule has 0 saturated carbocycles. The molecule has 1 aromatic heterocycles.